The highest BCUT2D eigenvalue weighted by molar-refractivity contribution is 5.81. The van der Waals surface area contributed by atoms with E-state index in [1.54, 1.807) is 7.11 Å². The predicted octanol–water partition coefficient (Wildman–Crippen LogP) is 2.60. The van der Waals surface area contributed by atoms with Gasteiger partial charge in [0.2, 0.25) is 0 Å². The summed E-state index contributed by atoms with van der Waals surface area (Å²) in [6.07, 6.45) is 1.57. The molecular formula is C22H34N4O2. The van der Waals surface area contributed by atoms with Crippen molar-refractivity contribution in [1.82, 2.24) is 10.2 Å². The standard InChI is InChI=1S/C22H34N4O2/c1-5-23-21(24-19-18-10-15-28-20(18)22(19,2)3)26-13-11-25(12-14-26)16-6-8-17(27-4)9-7-16/h6-9,18-20H,5,10-15H2,1-4H3,(H,23,24). The number of aliphatic imine (C=N–C) groups is 1. The molecule has 0 spiro atoms. The number of ether oxygens (including phenoxy) is 2. The van der Waals surface area contributed by atoms with Gasteiger partial charge in [0.25, 0.3) is 0 Å². The van der Waals surface area contributed by atoms with E-state index in [1.165, 1.54) is 5.69 Å². The molecule has 1 saturated carbocycles. The highest BCUT2D eigenvalue weighted by atomic mass is 16.5. The van der Waals surface area contributed by atoms with Gasteiger partial charge in [0.05, 0.1) is 13.2 Å². The number of hydrogen-bond donors (Lipinski definition) is 1. The van der Waals surface area contributed by atoms with Gasteiger partial charge in [0.15, 0.2) is 5.96 Å². The fourth-order valence-electron chi connectivity index (χ4n) is 5.11. The molecule has 0 amide bonds. The van der Waals surface area contributed by atoms with E-state index in [4.69, 9.17) is 14.5 Å². The molecule has 6 nitrogen and oxygen atoms in total. The first-order chi connectivity index (χ1) is 13.5. The highest BCUT2D eigenvalue weighted by Crippen LogP contribution is 2.52. The van der Waals surface area contributed by atoms with Crippen molar-refractivity contribution in [3.05, 3.63) is 24.3 Å². The molecule has 1 aliphatic carbocycles. The van der Waals surface area contributed by atoms with Crippen LogP contribution in [0.4, 0.5) is 5.69 Å². The van der Waals surface area contributed by atoms with E-state index in [0.29, 0.717) is 18.1 Å². The number of guanidine groups is 1. The SMILES string of the molecule is CCN=C(NC1C2CCOC2C1(C)C)N1CCN(c2ccc(OC)cc2)CC1. The zero-order valence-electron chi connectivity index (χ0n) is 17.6. The largest absolute Gasteiger partial charge is 0.497 e. The van der Waals surface area contributed by atoms with Crippen molar-refractivity contribution in [1.29, 1.82) is 0 Å². The van der Waals surface area contributed by atoms with Gasteiger partial charge in [-0.05, 0) is 37.6 Å². The number of methoxy groups -OCH3 is 1. The zero-order chi connectivity index (χ0) is 19.7. The van der Waals surface area contributed by atoms with E-state index in [9.17, 15) is 0 Å². The van der Waals surface area contributed by atoms with Crippen LogP contribution in [0, 0.1) is 11.3 Å². The van der Waals surface area contributed by atoms with Crippen molar-refractivity contribution in [2.45, 2.75) is 39.3 Å². The van der Waals surface area contributed by atoms with Gasteiger partial charge >= 0.3 is 0 Å². The Balaban J connectivity index is 1.38. The van der Waals surface area contributed by atoms with Crippen molar-refractivity contribution in [3.63, 3.8) is 0 Å². The second-order valence-corrected chi connectivity index (χ2v) is 8.66. The summed E-state index contributed by atoms with van der Waals surface area (Å²) in [7, 11) is 1.71. The van der Waals surface area contributed by atoms with Crippen LogP contribution in [0.2, 0.25) is 0 Å². The number of rotatable bonds is 4. The third kappa shape index (κ3) is 3.43. The summed E-state index contributed by atoms with van der Waals surface area (Å²) in [5.41, 5.74) is 1.43. The Hall–Kier alpha value is -1.95. The molecule has 6 heteroatoms. The number of anilines is 1. The molecule has 2 heterocycles. The van der Waals surface area contributed by atoms with Crippen LogP contribution in [0.5, 0.6) is 5.75 Å². The smallest absolute Gasteiger partial charge is 0.194 e. The molecule has 3 unspecified atom stereocenters. The summed E-state index contributed by atoms with van der Waals surface area (Å²) in [5.74, 6) is 2.60. The average molecular weight is 387 g/mol. The summed E-state index contributed by atoms with van der Waals surface area (Å²) in [6, 6.07) is 8.80. The van der Waals surface area contributed by atoms with Gasteiger partial charge in [0, 0.05) is 62.4 Å². The fourth-order valence-corrected chi connectivity index (χ4v) is 5.11. The summed E-state index contributed by atoms with van der Waals surface area (Å²) in [5, 5.41) is 3.82. The van der Waals surface area contributed by atoms with E-state index in [2.05, 4.69) is 48.0 Å². The number of fused-ring (bicyclic) bond motifs is 1. The maximum atomic E-state index is 5.95. The number of nitrogens with one attached hydrogen (secondary N) is 1. The van der Waals surface area contributed by atoms with E-state index < -0.39 is 0 Å². The van der Waals surface area contributed by atoms with Gasteiger partial charge in [0.1, 0.15) is 5.75 Å². The molecule has 28 heavy (non-hydrogen) atoms. The Labute approximate surface area is 168 Å². The number of nitrogens with zero attached hydrogens (tertiary/aromatic N) is 3. The molecule has 4 rings (SSSR count). The van der Waals surface area contributed by atoms with E-state index in [0.717, 1.165) is 57.5 Å². The Morgan fingerprint density at radius 2 is 1.93 bits per heavy atom. The number of benzene rings is 1. The summed E-state index contributed by atoms with van der Waals surface area (Å²) in [4.78, 5) is 9.68. The molecule has 0 radical (unpaired) electrons. The van der Waals surface area contributed by atoms with Crippen molar-refractivity contribution in [3.8, 4) is 5.75 Å². The second kappa shape index (κ2) is 7.82. The van der Waals surface area contributed by atoms with Crippen LogP contribution in [-0.4, -0.2) is 69.4 Å². The summed E-state index contributed by atoms with van der Waals surface area (Å²) >= 11 is 0. The van der Waals surface area contributed by atoms with E-state index in [1.807, 2.05) is 12.1 Å². The predicted molar refractivity (Wildman–Crippen MR) is 113 cm³/mol. The maximum Gasteiger partial charge on any atom is 0.194 e. The van der Waals surface area contributed by atoms with Crippen LogP contribution >= 0.6 is 0 Å². The third-order valence-electron chi connectivity index (χ3n) is 6.71. The van der Waals surface area contributed by atoms with Crippen LogP contribution in [0.3, 0.4) is 0 Å². The molecule has 1 aromatic rings. The summed E-state index contributed by atoms with van der Waals surface area (Å²) in [6.45, 7) is 12.4. The lowest BCUT2D eigenvalue weighted by Gasteiger charge is -2.55. The lowest BCUT2D eigenvalue weighted by atomic mass is 9.57. The van der Waals surface area contributed by atoms with Crippen LogP contribution in [0.25, 0.3) is 0 Å². The van der Waals surface area contributed by atoms with Crippen LogP contribution in [0.15, 0.2) is 29.3 Å². The van der Waals surface area contributed by atoms with Gasteiger partial charge in [-0.1, -0.05) is 13.8 Å². The quantitative estimate of drug-likeness (QED) is 0.637. The molecule has 3 aliphatic rings. The van der Waals surface area contributed by atoms with Crippen LogP contribution < -0.4 is 15.0 Å². The maximum absolute atomic E-state index is 5.95. The molecule has 154 valence electrons. The monoisotopic (exact) mass is 386 g/mol. The number of hydrogen-bond acceptors (Lipinski definition) is 4. The van der Waals surface area contributed by atoms with Crippen molar-refractivity contribution in [2.24, 2.45) is 16.3 Å². The normalized spacial score (nSPS) is 29.3. The lowest BCUT2D eigenvalue weighted by Crippen LogP contribution is -2.68. The van der Waals surface area contributed by atoms with Gasteiger partial charge in [-0.25, -0.2) is 0 Å². The average Bonchev–Trinajstić information content (AvgIpc) is 3.18. The first-order valence-corrected chi connectivity index (χ1v) is 10.6. The first kappa shape index (κ1) is 19.4. The second-order valence-electron chi connectivity index (χ2n) is 8.66. The van der Waals surface area contributed by atoms with Gasteiger partial charge in [-0.15, -0.1) is 0 Å². The van der Waals surface area contributed by atoms with Crippen molar-refractivity contribution < 1.29 is 9.47 Å². The molecule has 0 aromatic heterocycles. The zero-order valence-corrected chi connectivity index (χ0v) is 17.6. The Bertz CT molecular complexity index is 695. The lowest BCUT2D eigenvalue weighted by molar-refractivity contribution is -0.107. The molecule has 0 bridgehead atoms. The first-order valence-electron chi connectivity index (χ1n) is 10.6. The third-order valence-corrected chi connectivity index (χ3v) is 6.71. The molecule has 3 fully saturated rings. The van der Waals surface area contributed by atoms with Crippen LogP contribution in [0.1, 0.15) is 27.2 Å². The van der Waals surface area contributed by atoms with Crippen LogP contribution in [-0.2, 0) is 4.74 Å². The minimum atomic E-state index is 0.167. The van der Waals surface area contributed by atoms with Crippen molar-refractivity contribution >= 4 is 11.6 Å². The van der Waals surface area contributed by atoms with Gasteiger partial charge < -0.3 is 24.6 Å². The molecule has 1 N–H and O–H groups in total. The Kier molecular flexibility index (Phi) is 5.41. The van der Waals surface area contributed by atoms with E-state index >= 15 is 0 Å². The molecule has 3 atom stereocenters. The highest BCUT2D eigenvalue weighted by Gasteiger charge is 2.59. The minimum absolute atomic E-state index is 0.167. The summed E-state index contributed by atoms with van der Waals surface area (Å²) < 4.78 is 11.2. The number of piperazine rings is 1. The molecule has 1 aromatic carbocycles. The minimum Gasteiger partial charge on any atom is -0.497 e. The van der Waals surface area contributed by atoms with Gasteiger partial charge in [-0.3, -0.25) is 4.99 Å². The Morgan fingerprint density at radius 3 is 2.57 bits per heavy atom. The topological polar surface area (TPSA) is 49.3 Å². The molecule has 2 aliphatic heterocycles. The van der Waals surface area contributed by atoms with Crippen molar-refractivity contribution in [2.75, 3.05) is 51.3 Å². The molecular weight excluding hydrogens is 352 g/mol. The fraction of sp³-hybridized carbons (Fsp3) is 0.682. The molecule has 2 saturated heterocycles. The Morgan fingerprint density at radius 1 is 1.21 bits per heavy atom. The van der Waals surface area contributed by atoms with E-state index in [-0.39, 0.29) is 5.41 Å². The van der Waals surface area contributed by atoms with Gasteiger partial charge in [-0.2, -0.15) is 0 Å².